The van der Waals surface area contributed by atoms with Crippen molar-refractivity contribution in [2.75, 3.05) is 0 Å². The largest absolute Gasteiger partial charge is 0.0622 e. The third kappa shape index (κ3) is 2.68. The molecule has 0 spiro atoms. The van der Waals surface area contributed by atoms with Gasteiger partial charge in [0, 0.05) is 5.41 Å². The Morgan fingerprint density at radius 3 is 2.04 bits per heavy atom. The van der Waals surface area contributed by atoms with Crippen LogP contribution < -0.4 is 0 Å². The van der Waals surface area contributed by atoms with Crippen LogP contribution in [-0.4, -0.2) is 0 Å². The van der Waals surface area contributed by atoms with E-state index >= 15 is 0 Å². The Kier molecular flexibility index (Phi) is 3.94. The van der Waals surface area contributed by atoms with E-state index in [-0.39, 0.29) is 5.41 Å². The molecule has 0 fully saturated rings. The van der Waals surface area contributed by atoms with Gasteiger partial charge in [-0.05, 0) is 50.9 Å². The van der Waals surface area contributed by atoms with Crippen LogP contribution in [0.2, 0.25) is 0 Å². The number of benzene rings is 4. The molecule has 0 aromatic heterocycles. The lowest BCUT2D eigenvalue weighted by Gasteiger charge is -2.22. The molecule has 136 valence electrons. The van der Waals surface area contributed by atoms with E-state index in [1.807, 2.05) is 0 Å². The maximum Gasteiger partial charge on any atom is 0.0158 e. The normalized spacial score (nSPS) is 13.8. The third-order valence-electron chi connectivity index (χ3n) is 6.14. The first-order valence-electron chi connectivity index (χ1n) is 10.0. The lowest BCUT2D eigenvalue weighted by Crippen LogP contribution is -2.15. The topological polar surface area (TPSA) is 0 Å². The minimum atomic E-state index is 0.0564. The molecule has 4 aromatic rings. The Bertz CT molecular complexity index is 1150. The van der Waals surface area contributed by atoms with Crippen molar-refractivity contribution in [3.63, 3.8) is 0 Å². The standard InChI is InChI=1S/C28H24/c1-28(2)26-15-9-8-14-24(26)25-17-16-20(19-27(25)28)18-22-12-6-7-13-23(22)21-10-4-3-5-11-21/h3-17,19H,18H2,1-2H3. The van der Waals surface area contributed by atoms with Gasteiger partial charge in [-0.3, -0.25) is 0 Å². The van der Waals surface area contributed by atoms with Crippen molar-refractivity contribution in [3.8, 4) is 22.3 Å². The van der Waals surface area contributed by atoms with Crippen molar-refractivity contribution in [3.05, 3.63) is 119 Å². The molecule has 0 bridgehead atoms. The van der Waals surface area contributed by atoms with Crippen LogP contribution in [0.5, 0.6) is 0 Å². The maximum absolute atomic E-state index is 2.43. The van der Waals surface area contributed by atoms with Crippen molar-refractivity contribution < 1.29 is 0 Å². The Morgan fingerprint density at radius 2 is 1.21 bits per heavy atom. The molecule has 0 saturated heterocycles. The van der Waals surface area contributed by atoms with Crippen molar-refractivity contribution in [1.29, 1.82) is 0 Å². The first-order valence-corrected chi connectivity index (χ1v) is 10.0. The fourth-order valence-corrected chi connectivity index (χ4v) is 4.66. The molecule has 0 saturated carbocycles. The summed E-state index contributed by atoms with van der Waals surface area (Å²) in [5.74, 6) is 0. The van der Waals surface area contributed by atoms with E-state index in [4.69, 9.17) is 0 Å². The van der Waals surface area contributed by atoms with Gasteiger partial charge in [-0.1, -0.05) is 111 Å². The molecule has 0 N–H and O–H groups in total. The second-order valence-corrected chi connectivity index (χ2v) is 8.25. The number of fused-ring (bicyclic) bond motifs is 3. The van der Waals surface area contributed by atoms with Crippen LogP contribution in [0.3, 0.4) is 0 Å². The summed E-state index contributed by atoms with van der Waals surface area (Å²) in [6.07, 6.45) is 0.949. The Balaban J connectivity index is 1.56. The average molecular weight is 361 g/mol. The molecule has 0 heteroatoms. The van der Waals surface area contributed by atoms with Crippen molar-refractivity contribution in [2.24, 2.45) is 0 Å². The van der Waals surface area contributed by atoms with Gasteiger partial charge in [0.05, 0.1) is 0 Å². The summed E-state index contributed by atoms with van der Waals surface area (Å²) < 4.78 is 0. The van der Waals surface area contributed by atoms with E-state index < -0.39 is 0 Å². The molecule has 4 aromatic carbocycles. The lowest BCUT2D eigenvalue weighted by molar-refractivity contribution is 0.659. The fourth-order valence-electron chi connectivity index (χ4n) is 4.66. The summed E-state index contributed by atoms with van der Waals surface area (Å²) in [4.78, 5) is 0. The van der Waals surface area contributed by atoms with Crippen LogP contribution in [0.25, 0.3) is 22.3 Å². The molecular weight excluding hydrogens is 336 g/mol. The highest BCUT2D eigenvalue weighted by Crippen LogP contribution is 2.48. The van der Waals surface area contributed by atoms with E-state index in [0.717, 1.165) is 6.42 Å². The molecule has 0 unspecified atom stereocenters. The van der Waals surface area contributed by atoms with Crippen LogP contribution in [0.15, 0.2) is 97.1 Å². The summed E-state index contributed by atoms with van der Waals surface area (Å²) in [6, 6.07) is 35.4. The highest BCUT2D eigenvalue weighted by Gasteiger charge is 2.35. The molecule has 0 nitrogen and oxygen atoms in total. The van der Waals surface area contributed by atoms with Crippen molar-refractivity contribution >= 4 is 0 Å². The molecule has 28 heavy (non-hydrogen) atoms. The second kappa shape index (κ2) is 6.49. The van der Waals surface area contributed by atoms with Gasteiger partial charge in [0.1, 0.15) is 0 Å². The van der Waals surface area contributed by atoms with Crippen LogP contribution in [0, 0.1) is 0 Å². The maximum atomic E-state index is 2.43. The summed E-state index contributed by atoms with van der Waals surface area (Å²) in [5, 5.41) is 0. The highest BCUT2D eigenvalue weighted by molar-refractivity contribution is 5.81. The smallest absolute Gasteiger partial charge is 0.0158 e. The van der Waals surface area contributed by atoms with Gasteiger partial charge in [-0.25, -0.2) is 0 Å². The number of hydrogen-bond acceptors (Lipinski definition) is 0. The minimum absolute atomic E-state index is 0.0564. The molecule has 0 heterocycles. The van der Waals surface area contributed by atoms with E-state index in [1.165, 1.54) is 44.5 Å². The zero-order valence-electron chi connectivity index (χ0n) is 16.4. The van der Waals surface area contributed by atoms with E-state index in [9.17, 15) is 0 Å². The molecule has 0 aliphatic heterocycles. The van der Waals surface area contributed by atoms with Crippen LogP contribution >= 0.6 is 0 Å². The minimum Gasteiger partial charge on any atom is -0.0622 e. The Hall–Kier alpha value is -3.12. The summed E-state index contributed by atoms with van der Waals surface area (Å²) in [6.45, 7) is 4.69. The fraction of sp³-hybridized carbons (Fsp3) is 0.143. The van der Waals surface area contributed by atoms with Gasteiger partial charge in [-0.2, -0.15) is 0 Å². The van der Waals surface area contributed by atoms with Crippen molar-refractivity contribution in [1.82, 2.24) is 0 Å². The highest BCUT2D eigenvalue weighted by atomic mass is 14.4. The van der Waals surface area contributed by atoms with Gasteiger partial charge >= 0.3 is 0 Å². The number of rotatable bonds is 3. The Morgan fingerprint density at radius 1 is 0.571 bits per heavy atom. The predicted molar refractivity (Wildman–Crippen MR) is 119 cm³/mol. The van der Waals surface area contributed by atoms with E-state index in [0.29, 0.717) is 0 Å². The van der Waals surface area contributed by atoms with Crippen molar-refractivity contribution in [2.45, 2.75) is 25.7 Å². The first kappa shape index (κ1) is 17.0. The quantitative estimate of drug-likeness (QED) is 0.361. The number of hydrogen-bond donors (Lipinski definition) is 0. The summed E-state index contributed by atoms with van der Waals surface area (Å²) in [7, 11) is 0. The van der Waals surface area contributed by atoms with Gasteiger partial charge in [0.25, 0.3) is 0 Å². The van der Waals surface area contributed by atoms with E-state index in [1.54, 1.807) is 0 Å². The molecule has 0 radical (unpaired) electrons. The summed E-state index contributed by atoms with van der Waals surface area (Å²) >= 11 is 0. The lowest BCUT2D eigenvalue weighted by atomic mass is 9.81. The second-order valence-electron chi connectivity index (χ2n) is 8.25. The van der Waals surface area contributed by atoms with Gasteiger partial charge in [-0.15, -0.1) is 0 Å². The first-order chi connectivity index (χ1) is 13.6. The zero-order valence-corrected chi connectivity index (χ0v) is 16.4. The predicted octanol–water partition coefficient (Wildman–Crippen LogP) is 7.25. The average Bonchev–Trinajstić information content (AvgIpc) is 2.96. The molecular formula is C28H24. The molecule has 1 aliphatic rings. The molecule has 0 atom stereocenters. The summed E-state index contributed by atoms with van der Waals surface area (Å²) in [5.41, 5.74) is 11.1. The van der Waals surface area contributed by atoms with E-state index in [2.05, 4.69) is 111 Å². The third-order valence-corrected chi connectivity index (χ3v) is 6.14. The van der Waals surface area contributed by atoms with Gasteiger partial charge in [0.15, 0.2) is 0 Å². The monoisotopic (exact) mass is 360 g/mol. The molecule has 1 aliphatic carbocycles. The molecule has 5 rings (SSSR count). The zero-order chi connectivity index (χ0) is 19.1. The van der Waals surface area contributed by atoms with Crippen LogP contribution in [-0.2, 0) is 11.8 Å². The van der Waals surface area contributed by atoms with Crippen LogP contribution in [0.1, 0.15) is 36.1 Å². The van der Waals surface area contributed by atoms with Gasteiger partial charge in [0.2, 0.25) is 0 Å². The molecule has 0 amide bonds. The SMILES string of the molecule is CC1(C)c2ccccc2-c2ccc(Cc3ccccc3-c3ccccc3)cc21. The van der Waals surface area contributed by atoms with Crippen LogP contribution in [0.4, 0.5) is 0 Å². The Labute approximate surface area is 167 Å². The van der Waals surface area contributed by atoms with Gasteiger partial charge < -0.3 is 0 Å².